The molecule has 0 aromatic heterocycles. The number of nitrogens with two attached hydrogens (primary N) is 1. The van der Waals surface area contributed by atoms with Gasteiger partial charge in [-0.1, -0.05) is 51.8 Å². The van der Waals surface area contributed by atoms with Crippen molar-refractivity contribution in [2.24, 2.45) is 5.84 Å². The Labute approximate surface area is 127 Å². The van der Waals surface area contributed by atoms with E-state index in [4.69, 9.17) is 17.4 Å². The summed E-state index contributed by atoms with van der Waals surface area (Å²) in [5.74, 6) is 5.71. The lowest BCUT2D eigenvalue weighted by Crippen LogP contribution is -2.30. The minimum Gasteiger partial charge on any atom is -0.271 e. The summed E-state index contributed by atoms with van der Waals surface area (Å²) in [6.07, 6.45) is 0.824. The summed E-state index contributed by atoms with van der Waals surface area (Å²) >= 11 is 9.45. The van der Waals surface area contributed by atoms with Crippen molar-refractivity contribution in [1.82, 2.24) is 5.43 Å². The third-order valence-electron chi connectivity index (χ3n) is 3.24. The second-order valence-electron chi connectivity index (χ2n) is 4.50. The van der Waals surface area contributed by atoms with Gasteiger partial charge in [0, 0.05) is 9.50 Å². The summed E-state index contributed by atoms with van der Waals surface area (Å²) in [5.41, 5.74) is 6.50. The van der Waals surface area contributed by atoms with Gasteiger partial charge in [0.15, 0.2) is 0 Å². The topological polar surface area (TPSA) is 38.0 Å². The molecule has 2 rings (SSSR count). The molecule has 100 valence electrons. The highest BCUT2D eigenvalue weighted by molar-refractivity contribution is 9.10. The predicted octanol–water partition coefficient (Wildman–Crippen LogP) is 4.16. The maximum atomic E-state index is 5.90. The van der Waals surface area contributed by atoms with Gasteiger partial charge in [-0.15, -0.1) is 0 Å². The van der Waals surface area contributed by atoms with E-state index < -0.39 is 0 Å². The lowest BCUT2D eigenvalue weighted by Gasteiger charge is -2.19. The van der Waals surface area contributed by atoms with Crippen molar-refractivity contribution >= 4 is 27.5 Å². The van der Waals surface area contributed by atoms with Crippen molar-refractivity contribution in [2.45, 2.75) is 19.4 Å². The molecule has 0 aliphatic rings. The molecule has 0 aliphatic carbocycles. The van der Waals surface area contributed by atoms with Crippen molar-refractivity contribution in [3.8, 4) is 0 Å². The average Bonchev–Trinajstić information content (AvgIpc) is 2.42. The SMILES string of the molecule is Cc1c(Br)cccc1C(Cc1ccc(Cl)cc1)NN. The van der Waals surface area contributed by atoms with Crippen LogP contribution < -0.4 is 11.3 Å². The van der Waals surface area contributed by atoms with Gasteiger partial charge in [-0.25, -0.2) is 0 Å². The lowest BCUT2D eigenvalue weighted by molar-refractivity contribution is 0.549. The minimum atomic E-state index is 0.0821. The number of benzene rings is 2. The van der Waals surface area contributed by atoms with E-state index in [2.05, 4.69) is 34.3 Å². The monoisotopic (exact) mass is 338 g/mol. The average molecular weight is 340 g/mol. The van der Waals surface area contributed by atoms with Crippen LogP contribution in [0.4, 0.5) is 0 Å². The number of halogens is 2. The molecule has 19 heavy (non-hydrogen) atoms. The van der Waals surface area contributed by atoms with Gasteiger partial charge in [0.1, 0.15) is 0 Å². The highest BCUT2D eigenvalue weighted by Crippen LogP contribution is 2.26. The Morgan fingerprint density at radius 1 is 1.21 bits per heavy atom. The lowest BCUT2D eigenvalue weighted by atomic mass is 9.96. The second-order valence-corrected chi connectivity index (χ2v) is 5.79. The first kappa shape index (κ1) is 14.5. The van der Waals surface area contributed by atoms with Crippen LogP contribution in [0.5, 0.6) is 0 Å². The summed E-state index contributed by atoms with van der Waals surface area (Å²) in [6.45, 7) is 2.09. The van der Waals surface area contributed by atoms with E-state index in [1.807, 2.05) is 36.4 Å². The van der Waals surface area contributed by atoms with Gasteiger partial charge in [0.25, 0.3) is 0 Å². The maximum absolute atomic E-state index is 5.90. The van der Waals surface area contributed by atoms with Gasteiger partial charge >= 0.3 is 0 Å². The van der Waals surface area contributed by atoms with Crippen LogP contribution >= 0.6 is 27.5 Å². The third kappa shape index (κ3) is 3.57. The smallest absolute Gasteiger partial charge is 0.0503 e. The Balaban J connectivity index is 2.25. The molecule has 0 heterocycles. The standard InChI is InChI=1S/C15H16BrClN2/c1-10-13(3-2-4-14(10)16)15(19-18)9-11-5-7-12(17)8-6-11/h2-8,15,19H,9,18H2,1H3. The van der Waals surface area contributed by atoms with Crippen LogP contribution in [0, 0.1) is 6.92 Å². The molecule has 0 bridgehead atoms. The first-order valence-electron chi connectivity index (χ1n) is 6.07. The van der Waals surface area contributed by atoms with Crippen molar-refractivity contribution in [3.05, 3.63) is 68.7 Å². The normalized spacial score (nSPS) is 12.4. The quantitative estimate of drug-likeness (QED) is 0.648. The fraction of sp³-hybridized carbons (Fsp3) is 0.200. The Hall–Kier alpha value is -0.870. The maximum Gasteiger partial charge on any atom is 0.0503 e. The minimum absolute atomic E-state index is 0.0821. The largest absolute Gasteiger partial charge is 0.271 e. The molecule has 2 aromatic rings. The van der Waals surface area contributed by atoms with E-state index in [1.54, 1.807) is 0 Å². The molecular weight excluding hydrogens is 324 g/mol. The molecule has 4 heteroatoms. The number of hydrazine groups is 1. The highest BCUT2D eigenvalue weighted by atomic mass is 79.9. The number of hydrogen-bond acceptors (Lipinski definition) is 2. The summed E-state index contributed by atoms with van der Waals surface area (Å²) in [5, 5.41) is 0.750. The molecule has 0 amide bonds. The van der Waals surface area contributed by atoms with Crippen LogP contribution in [0.2, 0.25) is 5.02 Å². The Morgan fingerprint density at radius 3 is 2.53 bits per heavy atom. The molecule has 2 aromatic carbocycles. The van der Waals surface area contributed by atoms with Gasteiger partial charge in [-0.05, 0) is 48.2 Å². The van der Waals surface area contributed by atoms with E-state index in [9.17, 15) is 0 Å². The summed E-state index contributed by atoms with van der Waals surface area (Å²) in [4.78, 5) is 0. The van der Waals surface area contributed by atoms with Crippen LogP contribution in [0.3, 0.4) is 0 Å². The van der Waals surface area contributed by atoms with Crippen molar-refractivity contribution < 1.29 is 0 Å². The van der Waals surface area contributed by atoms with Crippen molar-refractivity contribution in [3.63, 3.8) is 0 Å². The van der Waals surface area contributed by atoms with E-state index in [1.165, 1.54) is 16.7 Å². The van der Waals surface area contributed by atoms with Crippen LogP contribution in [0.15, 0.2) is 46.9 Å². The molecule has 0 saturated heterocycles. The number of hydrogen-bond donors (Lipinski definition) is 2. The third-order valence-corrected chi connectivity index (χ3v) is 4.35. The van der Waals surface area contributed by atoms with Gasteiger partial charge in [-0.3, -0.25) is 11.3 Å². The van der Waals surface area contributed by atoms with Gasteiger partial charge in [-0.2, -0.15) is 0 Å². The molecule has 0 aliphatic heterocycles. The van der Waals surface area contributed by atoms with E-state index in [0.717, 1.165) is 15.9 Å². The Bertz CT molecular complexity index is 555. The molecule has 0 radical (unpaired) electrons. The second kappa shape index (κ2) is 6.53. The number of nitrogens with one attached hydrogen (secondary N) is 1. The molecule has 0 spiro atoms. The van der Waals surface area contributed by atoms with Gasteiger partial charge in [0.05, 0.1) is 6.04 Å². The van der Waals surface area contributed by atoms with Crippen LogP contribution in [-0.2, 0) is 6.42 Å². The molecule has 0 fully saturated rings. The van der Waals surface area contributed by atoms with E-state index >= 15 is 0 Å². The summed E-state index contributed by atoms with van der Waals surface area (Å²) in [7, 11) is 0. The summed E-state index contributed by atoms with van der Waals surface area (Å²) in [6, 6.07) is 14.1. The first-order chi connectivity index (χ1) is 9.11. The zero-order chi connectivity index (χ0) is 13.8. The fourth-order valence-electron chi connectivity index (χ4n) is 2.12. The fourth-order valence-corrected chi connectivity index (χ4v) is 2.62. The molecule has 1 unspecified atom stereocenters. The highest BCUT2D eigenvalue weighted by Gasteiger charge is 2.14. The van der Waals surface area contributed by atoms with Gasteiger partial charge in [0.2, 0.25) is 0 Å². The van der Waals surface area contributed by atoms with Crippen LogP contribution in [-0.4, -0.2) is 0 Å². The van der Waals surface area contributed by atoms with Crippen molar-refractivity contribution in [2.75, 3.05) is 0 Å². The first-order valence-corrected chi connectivity index (χ1v) is 7.24. The van der Waals surface area contributed by atoms with E-state index in [-0.39, 0.29) is 6.04 Å². The molecular formula is C15H16BrClN2. The van der Waals surface area contributed by atoms with Crippen LogP contribution in [0.25, 0.3) is 0 Å². The summed E-state index contributed by atoms with van der Waals surface area (Å²) < 4.78 is 1.10. The zero-order valence-electron chi connectivity index (χ0n) is 10.7. The Kier molecular flexibility index (Phi) is 4.99. The van der Waals surface area contributed by atoms with Crippen molar-refractivity contribution in [1.29, 1.82) is 0 Å². The Morgan fingerprint density at radius 2 is 1.89 bits per heavy atom. The molecule has 0 saturated carbocycles. The predicted molar refractivity (Wildman–Crippen MR) is 84.1 cm³/mol. The molecule has 2 nitrogen and oxygen atoms in total. The zero-order valence-corrected chi connectivity index (χ0v) is 13.0. The van der Waals surface area contributed by atoms with E-state index in [0.29, 0.717) is 0 Å². The molecule has 1 atom stereocenters. The number of rotatable bonds is 4. The van der Waals surface area contributed by atoms with Gasteiger partial charge < -0.3 is 0 Å². The molecule has 3 N–H and O–H groups in total. The van der Waals surface area contributed by atoms with Crippen LogP contribution in [0.1, 0.15) is 22.7 Å².